The van der Waals surface area contributed by atoms with Crippen LogP contribution in [0, 0.1) is 0 Å². The van der Waals surface area contributed by atoms with Crippen LogP contribution in [-0.4, -0.2) is 79.8 Å². The summed E-state index contributed by atoms with van der Waals surface area (Å²) in [6.07, 6.45) is 11.1. The first-order valence-corrected chi connectivity index (χ1v) is 29.7. The van der Waals surface area contributed by atoms with E-state index < -0.39 is 11.9 Å². The lowest BCUT2D eigenvalue weighted by Crippen LogP contribution is -2.05. The normalized spacial score (nSPS) is 10.5. The van der Waals surface area contributed by atoms with Crippen LogP contribution in [-0.2, 0) is 57.5 Å². The van der Waals surface area contributed by atoms with Gasteiger partial charge in [0.15, 0.2) is 5.78 Å². The maximum Gasteiger partial charge on any atom is 0.354 e. The molecule has 89 heavy (non-hydrogen) atoms. The van der Waals surface area contributed by atoms with E-state index in [9.17, 15) is 28.8 Å². The molecule has 0 amide bonds. The predicted molar refractivity (Wildman–Crippen MR) is 351 cm³/mol. The number of carboxylic acid groups (broad SMARTS) is 1. The molecule has 8 aromatic carbocycles. The van der Waals surface area contributed by atoms with Gasteiger partial charge in [-0.2, -0.15) is 0 Å². The number of Topliss-reactive ketones (excluding diaryl/α,β-unsaturated/α-hetero) is 1. The first-order valence-electron chi connectivity index (χ1n) is 29.3. The number of halogens is 1. The van der Waals surface area contributed by atoms with Crippen molar-refractivity contribution in [1.29, 1.82) is 0 Å². The lowest BCUT2D eigenvalue weighted by atomic mass is 10.0. The van der Waals surface area contributed by atoms with Crippen LogP contribution in [0.1, 0.15) is 106 Å². The summed E-state index contributed by atoms with van der Waals surface area (Å²) in [5.41, 5.74) is 8.69. The number of aromatic carboxylic acids is 1. The minimum Gasteiger partial charge on any atom is -0.477 e. The summed E-state index contributed by atoms with van der Waals surface area (Å²) in [5, 5.41) is 18.1. The quantitative estimate of drug-likeness (QED) is 0.0237. The number of esters is 3. The van der Waals surface area contributed by atoms with Gasteiger partial charge in [-0.05, 0) is 165 Å². The Balaban J connectivity index is 0.000000147. The minimum atomic E-state index is -0.915. The van der Waals surface area contributed by atoms with Crippen molar-refractivity contribution in [3.05, 3.63) is 287 Å². The van der Waals surface area contributed by atoms with Gasteiger partial charge in [0.05, 0.1) is 19.8 Å². The van der Waals surface area contributed by atoms with Gasteiger partial charge in [0.25, 0.3) is 0 Å². The molecular weight excluding hydrogens is 1140 g/mol. The van der Waals surface area contributed by atoms with E-state index in [2.05, 4.69) is 92.7 Å². The Morgan fingerprint density at radius 3 is 1.12 bits per heavy atom. The third-order valence-corrected chi connectivity index (χ3v) is 14.3. The van der Waals surface area contributed by atoms with E-state index in [1.54, 1.807) is 56.7 Å². The Hall–Kier alpha value is -10.6. The zero-order valence-corrected chi connectivity index (χ0v) is 50.5. The van der Waals surface area contributed by atoms with Crippen molar-refractivity contribution in [2.24, 2.45) is 0 Å². The van der Waals surface area contributed by atoms with Gasteiger partial charge >= 0.3 is 23.9 Å². The fraction of sp³-hybridized carbons (Fsp3) is 0.162. The third-order valence-electron chi connectivity index (χ3n) is 14.2. The zero-order chi connectivity index (χ0) is 62.9. The van der Waals surface area contributed by atoms with Gasteiger partial charge in [-0.25, -0.2) is 19.2 Å². The predicted octanol–water partition coefficient (Wildman–Crippen LogP) is 15.9. The number of rotatable bonds is 18. The number of carbonyl (C=O) groups excluding carboxylic acids is 5. The van der Waals surface area contributed by atoms with Crippen LogP contribution in [0.5, 0.6) is 0 Å². The number of ether oxygens (including phenoxy) is 3. The van der Waals surface area contributed by atoms with E-state index >= 15 is 0 Å². The van der Waals surface area contributed by atoms with Crippen LogP contribution < -0.4 is 0 Å². The average molecular weight is 1210 g/mol. The Morgan fingerprint density at radius 2 is 0.719 bits per heavy atom. The monoisotopic (exact) mass is 1210 g/mol. The average Bonchev–Trinajstić information content (AvgIpc) is 4.57. The Labute approximate surface area is 520 Å². The highest BCUT2D eigenvalue weighted by atomic mass is 35.5. The number of hydrogen-bond acceptors (Lipinski definition) is 9. The second kappa shape index (κ2) is 32.8. The number of nitrogens with one attached hydrogen (secondary N) is 4. The van der Waals surface area contributed by atoms with Crippen molar-refractivity contribution >= 4 is 89.6 Å². The summed E-state index contributed by atoms with van der Waals surface area (Å²) in [6, 6.07) is 66.2. The largest absolute Gasteiger partial charge is 0.477 e. The second-order valence-corrected chi connectivity index (χ2v) is 21.0. The zero-order valence-electron chi connectivity index (χ0n) is 49.7. The number of aromatic amines is 4. The molecule has 4 heterocycles. The number of H-pyrrole nitrogens is 4. The number of fused-ring (bicyclic) bond motifs is 4. The van der Waals surface area contributed by atoms with Gasteiger partial charge < -0.3 is 39.3 Å². The molecule has 0 saturated heterocycles. The van der Waals surface area contributed by atoms with E-state index in [1.165, 1.54) is 38.1 Å². The topological polar surface area (TPSA) is 213 Å². The highest BCUT2D eigenvalue weighted by molar-refractivity contribution is 6.63. The van der Waals surface area contributed by atoms with Gasteiger partial charge in [0.2, 0.25) is 5.24 Å². The van der Waals surface area contributed by atoms with Gasteiger partial charge in [0, 0.05) is 43.2 Å². The van der Waals surface area contributed by atoms with Crippen LogP contribution in [0.15, 0.2) is 225 Å². The van der Waals surface area contributed by atoms with Crippen LogP contribution in [0.25, 0.3) is 43.1 Å². The molecule has 15 heteroatoms. The number of carboxylic acids is 1. The molecule has 0 atom stereocenters. The molecule has 452 valence electrons. The first kappa shape index (κ1) is 64.4. The standard InChI is InChI=1S/C19H17NO3.C19H19NO2.C17H15NO2.C12H9ClO.C7H9NO2/c1-2-23-19(22)17-11-16(12-20-17)18(21)10-13-7-8-14-5-3-4-6-15(14)9-13;1-2-22-19(21)18-12-15(13-20-18)8-7-14-9-10-16-5-3-4-6-17(16)11-14;19-17(20)16-10-13(11-18-16)6-5-12-7-8-14-3-1-2-4-15(14)9-12;13-12(14)8-9-5-6-10-3-1-2-4-11(10)7-9;1-2-10-7(9)6-4-3-5-8-6/h3-9,11-12,20H,2,10H2,1H3;3-6,9-13,20H,2,7-8H2,1H3;1-4,7-11,18H,5-6H2,(H,19,20);1-7H,8H2;3-5,8H,2H2,1H3. The molecule has 4 aromatic heterocycles. The molecule has 0 fully saturated rings. The third kappa shape index (κ3) is 19.5. The second-order valence-electron chi connectivity index (χ2n) is 20.6. The molecule has 0 spiro atoms. The Bertz CT molecular complexity index is 4330. The Morgan fingerprint density at radius 1 is 0.360 bits per heavy atom. The molecule has 0 saturated carbocycles. The summed E-state index contributed by atoms with van der Waals surface area (Å²) < 4.78 is 14.6. The van der Waals surface area contributed by atoms with Crippen molar-refractivity contribution in [2.45, 2.75) is 59.3 Å². The van der Waals surface area contributed by atoms with E-state index in [-0.39, 0.29) is 28.7 Å². The van der Waals surface area contributed by atoms with E-state index in [1.807, 2.05) is 116 Å². The summed E-state index contributed by atoms with van der Waals surface area (Å²) in [4.78, 5) is 79.3. The van der Waals surface area contributed by atoms with Gasteiger partial charge in [0.1, 0.15) is 22.8 Å². The number of aromatic nitrogens is 4. The SMILES string of the molecule is CCOC(=O)c1cc(C(=O)Cc2ccc3ccccc3c2)c[nH]1.CCOC(=O)c1cc(CCc2ccc3ccccc3c2)c[nH]1.CCOC(=O)c1ccc[nH]1.O=C(Cl)Cc1ccc2ccccc2c1.O=C(O)c1cc(CCc2ccc3ccccc3c2)c[nH]1. The molecule has 12 aromatic rings. The molecule has 12 rings (SSSR count). The molecule has 0 radical (unpaired) electrons. The summed E-state index contributed by atoms with van der Waals surface area (Å²) in [5.74, 6) is -1.99. The van der Waals surface area contributed by atoms with E-state index in [0.717, 1.165) is 64.1 Å². The number of ketones is 1. The number of carbonyl (C=O) groups is 6. The fourth-order valence-corrected chi connectivity index (χ4v) is 9.83. The van der Waals surface area contributed by atoms with Crippen molar-refractivity contribution in [3.63, 3.8) is 0 Å². The lowest BCUT2D eigenvalue weighted by molar-refractivity contribution is -0.111. The van der Waals surface area contributed by atoms with E-state index in [0.29, 0.717) is 55.3 Å². The van der Waals surface area contributed by atoms with Crippen molar-refractivity contribution in [1.82, 2.24) is 19.9 Å². The van der Waals surface area contributed by atoms with Crippen LogP contribution in [0.4, 0.5) is 0 Å². The maximum atomic E-state index is 12.4. The molecule has 5 N–H and O–H groups in total. The van der Waals surface area contributed by atoms with Gasteiger partial charge in [-0.1, -0.05) is 170 Å². The smallest absolute Gasteiger partial charge is 0.354 e. The van der Waals surface area contributed by atoms with Crippen LogP contribution in [0.2, 0.25) is 0 Å². The molecule has 0 unspecified atom stereocenters. The number of benzene rings is 8. The number of aryl methyl sites for hydroxylation is 4. The first-order chi connectivity index (χ1) is 43.2. The maximum absolute atomic E-state index is 12.4. The Kier molecular flexibility index (Phi) is 23.7. The lowest BCUT2D eigenvalue weighted by Gasteiger charge is -2.03. The van der Waals surface area contributed by atoms with Gasteiger partial charge in [-0.3, -0.25) is 9.59 Å². The summed E-state index contributed by atoms with van der Waals surface area (Å²) >= 11 is 5.32. The van der Waals surface area contributed by atoms with Crippen LogP contribution in [0.3, 0.4) is 0 Å². The molecule has 0 aliphatic rings. The molecule has 0 bridgehead atoms. The molecule has 0 aliphatic heterocycles. The van der Waals surface area contributed by atoms with Crippen molar-refractivity contribution in [3.8, 4) is 0 Å². The highest BCUT2D eigenvalue weighted by Gasteiger charge is 2.15. The van der Waals surface area contributed by atoms with Gasteiger partial charge in [-0.15, -0.1) is 0 Å². The number of hydrogen-bond donors (Lipinski definition) is 5. The molecular formula is C74H69ClN4O10. The fourth-order valence-electron chi connectivity index (χ4n) is 9.68. The molecule has 0 aliphatic carbocycles. The van der Waals surface area contributed by atoms with E-state index in [4.69, 9.17) is 30.9 Å². The summed E-state index contributed by atoms with van der Waals surface area (Å²) in [6.45, 7) is 6.44. The van der Waals surface area contributed by atoms with Crippen molar-refractivity contribution < 1.29 is 48.1 Å². The van der Waals surface area contributed by atoms with Crippen LogP contribution >= 0.6 is 11.6 Å². The van der Waals surface area contributed by atoms with Crippen molar-refractivity contribution in [2.75, 3.05) is 19.8 Å². The summed E-state index contributed by atoms with van der Waals surface area (Å²) in [7, 11) is 0. The molecule has 14 nitrogen and oxygen atoms in total. The minimum absolute atomic E-state index is 0.0351. The highest BCUT2D eigenvalue weighted by Crippen LogP contribution is 2.22.